The van der Waals surface area contributed by atoms with Crippen LogP contribution in [0.2, 0.25) is 0 Å². The van der Waals surface area contributed by atoms with Crippen molar-refractivity contribution in [3.63, 3.8) is 0 Å². The molecule has 108 valence electrons. The third-order valence-corrected chi connectivity index (χ3v) is 4.80. The lowest BCUT2D eigenvalue weighted by Gasteiger charge is -2.33. The van der Waals surface area contributed by atoms with Gasteiger partial charge in [-0.15, -0.1) is 0 Å². The maximum atomic E-state index is 12.3. The van der Waals surface area contributed by atoms with Gasteiger partial charge in [-0.2, -0.15) is 0 Å². The van der Waals surface area contributed by atoms with Gasteiger partial charge >= 0.3 is 11.9 Å². The molecular formula is C15H24O4. The first-order valence-electron chi connectivity index (χ1n) is 7.32. The predicted octanol–water partition coefficient (Wildman–Crippen LogP) is 2.70. The topological polar surface area (TPSA) is 52.6 Å². The average Bonchev–Trinajstić information content (AvgIpc) is 3.11. The molecule has 2 aliphatic carbocycles. The van der Waals surface area contributed by atoms with Gasteiger partial charge in [-0.1, -0.05) is 25.7 Å². The van der Waals surface area contributed by atoms with Gasteiger partial charge in [0, 0.05) is 0 Å². The Morgan fingerprint density at radius 2 is 1.53 bits per heavy atom. The van der Waals surface area contributed by atoms with Crippen molar-refractivity contribution < 1.29 is 19.1 Å². The minimum Gasteiger partial charge on any atom is -0.468 e. The van der Waals surface area contributed by atoms with Gasteiger partial charge in [-0.3, -0.25) is 9.59 Å². The number of hydrogen-bond acceptors (Lipinski definition) is 4. The highest BCUT2D eigenvalue weighted by atomic mass is 16.5. The lowest BCUT2D eigenvalue weighted by molar-refractivity contribution is -0.174. The number of methoxy groups -OCH3 is 2. The number of carbonyl (C=O) groups is 2. The largest absolute Gasteiger partial charge is 0.468 e. The van der Waals surface area contributed by atoms with Crippen LogP contribution >= 0.6 is 0 Å². The van der Waals surface area contributed by atoms with Gasteiger partial charge in [0.15, 0.2) is 5.41 Å². The summed E-state index contributed by atoms with van der Waals surface area (Å²) in [7, 11) is 2.73. The molecule has 0 aromatic carbocycles. The fourth-order valence-electron chi connectivity index (χ4n) is 3.45. The maximum absolute atomic E-state index is 12.3. The van der Waals surface area contributed by atoms with E-state index in [2.05, 4.69) is 0 Å². The molecule has 0 radical (unpaired) electrons. The zero-order valence-electron chi connectivity index (χ0n) is 11.9. The van der Waals surface area contributed by atoms with Crippen molar-refractivity contribution in [2.75, 3.05) is 14.2 Å². The van der Waals surface area contributed by atoms with Crippen molar-refractivity contribution in [2.45, 2.75) is 51.4 Å². The van der Waals surface area contributed by atoms with Crippen LogP contribution in [0.3, 0.4) is 0 Å². The number of esters is 2. The average molecular weight is 268 g/mol. The van der Waals surface area contributed by atoms with Crippen molar-refractivity contribution in [1.82, 2.24) is 0 Å². The number of ether oxygens (including phenoxy) is 2. The summed E-state index contributed by atoms with van der Waals surface area (Å²) < 4.78 is 9.93. The van der Waals surface area contributed by atoms with Crippen molar-refractivity contribution in [3.05, 3.63) is 0 Å². The van der Waals surface area contributed by atoms with Crippen LogP contribution in [0.1, 0.15) is 51.4 Å². The van der Waals surface area contributed by atoms with Gasteiger partial charge in [0.2, 0.25) is 0 Å². The molecule has 0 aliphatic heterocycles. The molecule has 0 saturated heterocycles. The third kappa shape index (κ3) is 2.77. The van der Waals surface area contributed by atoms with E-state index in [1.54, 1.807) is 0 Å². The van der Waals surface area contributed by atoms with Gasteiger partial charge in [-0.05, 0) is 37.5 Å². The summed E-state index contributed by atoms with van der Waals surface area (Å²) in [6, 6.07) is 0. The highest BCUT2D eigenvalue weighted by molar-refractivity contribution is 6.00. The summed E-state index contributed by atoms with van der Waals surface area (Å²) in [5.41, 5.74) is -1.05. The van der Waals surface area contributed by atoms with Crippen LogP contribution in [0.15, 0.2) is 0 Å². The van der Waals surface area contributed by atoms with E-state index in [0.29, 0.717) is 12.3 Å². The second kappa shape index (κ2) is 5.93. The van der Waals surface area contributed by atoms with Gasteiger partial charge in [0.25, 0.3) is 0 Å². The molecule has 0 unspecified atom stereocenters. The molecule has 4 nitrogen and oxygen atoms in total. The van der Waals surface area contributed by atoms with Crippen molar-refractivity contribution >= 4 is 11.9 Å². The molecule has 0 bridgehead atoms. The minimum absolute atomic E-state index is 0.0890. The Hall–Kier alpha value is -1.06. The molecule has 2 aliphatic rings. The molecule has 0 spiro atoms. The molecule has 2 fully saturated rings. The molecule has 4 heteroatoms. The van der Waals surface area contributed by atoms with Gasteiger partial charge < -0.3 is 9.47 Å². The molecule has 0 N–H and O–H groups in total. The lowest BCUT2D eigenvalue weighted by Crippen LogP contribution is -2.46. The summed E-state index contributed by atoms with van der Waals surface area (Å²) in [5.74, 6) is -0.0139. The van der Waals surface area contributed by atoms with Gasteiger partial charge in [0.1, 0.15) is 0 Å². The lowest BCUT2D eigenvalue weighted by atomic mass is 9.70. The molecule has 0 atom stereocenters. The smallest absolute Gasteiger partial charge is 0.323 e. The summed E-state index contributed by atoms with van der Waals surface area (Å²) in [5, 5.41) is 0. The van der Waals surface area contributed by atoms with E-state index in [-0.39, 0.29) is 5.92 Å². The van der Waals surface area contributed by atoms with E-state index in [9.17, 15) is 9.59 Å². The molecule has 2 rings (SSSR count). The maximum Gasteiger partial charge on any atom is 0.323 e. The van der Waals surface area contributed by atoms with E-state index in [1.165, 1.54) is 27.1 Å². The molecule has 2 saturated carbocycles. The highest BCUT2D eigenvalue weighted by Crippen LogP contribution is 2.47. The Morgan fingerprint density at radius 3 is 1.95 bits per heavy atom. The first-order valence-corrected chi connectivity index (χ1v) is 7.32. The van der Waals surface area contributed by atoms with E-state index in [1.807, 2.05) is 0 Å². The van der Waals surface area contributed by atoms with Crippen LogP contribution in [-0.2, 0) is 19.1 Å². The molecule has 0 amide bonds. The Kier molecular flexibility index (Phi) is 4.48. The van der Waals surface area contributed by atoms with Crippen LogP contribution in [0.25, 0.3) is 0 Å². The normalized spacial score (nSPS) is 20.3. The SMILES string of the molecule is COC(=O)C(CCC1CC1)(C(=O)OC)C1CCCC1. The van der Waals surface area contributed by atoms with E-state index in [0.717, 1.165) is 32.1 Å². The zero-order chi connectivity index (χ0) is 13.9. The molecule has 0 aromatic heterocycles. The van der Waals surface area contributed by atoms with Crippen LogP contribution < -0.4 is 0 Å². The third-order valence-electron chi connectivity index (χ3n) is 4.80. The summed E-state index contributed by atoms with van der Waals surface area (Å²) in [4.78, 5) is 24.7. The monoisotopic (exact) mass is 268 g/mol. The van der Waals surface area contributed by atoms with E-state index < -0.39 is 17.4 Å². The molecule has 0 aromatic rings. The number of rotatable bonds is 6. The summed E-state index contributed by atoms with van der Waals surface area (Å²) >= 11 is 0. The molecule has 19 heavy (non-hydrogen) atoms. The van der Waals surface area contributed by atoms with E-state index in [4.69, 9.17) is 9.47 Å². The molecule has 0 heterocycles. The summed E-state index contributed by atoms with van der Waals surface area (Å²) in [6.07, 6.45) is 7.99. The van der Waals surface area contributed by atoms with Crippen LogP contribution in [0.5, 0.6) is 0 Å². The van der Waals surface area contributed by atoms with Crippen LogP contribution in [0.4, 0.5) is 0 Å². The summed E-state index contributed by atoms with van der Waals surface area (Å²) in [6.45, 7) is 0. The predicted molar refractivity (Wildman–Crippen MR) is 70.4 cm³/mol. The van der Waals surface area contributed by atoms with Gasteiger partial charge in [0.05, 0.1) is 14.2 Å². The molecular weight excluding hydrogens is 244 g/mol. The Labute approximate surface area is 114 Å². The Balaban J connectivity index is 2.23. The van der Waals surface area contributed by atoms with Crippen molar-refractivity contribution in [1.29, 1.82) is 0 Å². The fourth-order valence-corrected chi connectivity index (χ4v) is 3.45. The van der Waals surface area contributed by atoms with Crippen molar-refractivity contribution in [2.24, 2.45) is 17.3 Å². The highest BCUT2D eigenvalue weighted by Gasteiger charge is 2.54. The first kappa shape index (κ1) is 14.4. The van der Waals surface area contributed by atoms with Crippen LogP contribution in [0, 0.1) is 17.3 Å². The van der Waals surface area contributed by atoms with E-state index >= 15 is 0 Å². The fraction of sp³-hybridized carbons (Fsp3) is 0.867. The quantitative estimate of drug-likeness (QED) is 0.549. The van der Waals surface area contributed by atoms with Gasteiger partial charge in [-0.25, -0.2) is 0 Å². The Morgan fingerprint density at radius 1 is 1.00 bits per heavy atom. The van der Waals surface area contributed by atoms with Crippen LogP contribution in [-0.4, -0.2) is 26.2 Å². The first-order chi connectivity index (χ1) is 9.15. The Bertz CT molecular complexity index is 324. The number of hydrogen-bond donors (Lipinski definition) is 0. The number of carbonyl (C=O) groups excluding carboxylic acids is 2. The second-order valence-electron chi connectivity index (χ2n) is 5.92. The zero-order valence-corrected chi connectivity index (χ0v) is 11.9. The van der Waals surface area contributed by atoms with Crippen molar-refractivity contribution in [3.8, 4) is 0 Å². The second-order valence-corrected chi connectivity index (χ2v) is 5.92. The standard InChI is InChI=1S/C15H24O4/c1-18-13(16)15(14(17)19-2,10-9-11-7-8-11)12-5-3-4-6-12/h11-12H,3-10H2,1-2H3. The minimum atomic E-state index is -1.05.